The number of benzene rings is 1. The molecule has 2 atom stereocenters. The fourth-order valence-corrected chi connectivity index (χ4v) is 3.64. The van der Waals surface area contributed by atoms with Crippen molar-refractivity contribution in [2.45, 2.75) is 31.8 Å². The van der Waals surface area contributed by atoms with E-state index >= 15 is 0 Å². The van der Waals surface area contributed by atoms with Crippen molar-refractivity contribution in [2.75, 3.05) is 24.5 Å². The van der Waals surface area contributed by atoms with Gasteiger partial charge in [0.25, 0.3) is 0 Å². The van der Waals surface area contributed by atoms with Gasteiger partial charge in [-0.3, -0.25) is 4.90 Å². The molecule has 20 heavy (non-hydrogen) atoms. The summed E-state index contributed by atoms with van der Waals surface area (Å²) in [5.41, 5.74) is 7.39. The van der Waals surface area contributed by atoms with Crippen LogP contribution >= 0.6 is 12.2 Å². The molecular formula is C15H20FN3S. The van der Waals surface area contributed by atoms with E-state index in [2.05, 4.69) is 16.7 Å². The molecule has 2 unspecified atom stereocenters. The van der Waals surface area contributed by atoms with Gasteiger partial charge in [0.05, 0.1) is 0 Å². The highest BCUT2D eigenvalue weighted by Crippen LogP contribution is 2.31. The summed E-state index contributed by atoms with van der Waals surface area (Å²) < 4.78 is 13.4. The van der Waals surface area contributed by atoms with Crippen LogP contribution < -0.4 is 10.6 Å². The Morgan fingerprint density at radius 3 is 2.95 bits per heavy atom. The number of nitrogens with zero attached hydrogens (tertiary/aromatic N) is 2. The van der Waals surface area contributed by atoms with Crippen molar-refractivity contribution >= 4 is 22.9 Å². The highest BCUT2D eigenvalue weighted by Gasteiger charge is 2.35. The Hall–Kier alpha value is -1.20. The van der Waals surface area contributed by atoms with Crippen LogP contribution in [0.25, 0.3) is 0 Å². The van der Waals surface area contributed by atoms with Gasteiger partial charge in [0, 0.05) is 36.4 Å². The maximum absolute atomic E-state index is 13.4. The van der Waals surface area contributed by atoms with Gasteiger partial charge in [0.2, 0.25) is 0 Å². The predicted molar refractivity (Wildman–Crippen MR) is 83.7 cm³/mol. The summed E-state index contributed by atoms with van der Waals surface area (Å²) in [4.78, 5) is 5.16. The van der Waals surface area contributed by atoms with Gasteiger partial charge < -0.3 is 10.6 Å². The highest BCUT2D eigenvalue weighted by molar-refractivity contribution is 7.80. The summed E-state index contributed by atoms with van der Waals surface area (Å²) in [5, 5.41) is 0. The molecule has 0 bridgehead atoms. The molecule has 0 amide bonds. The first-order chi connectivity index (χ1) is 9.56. The molecule has 5 heteroatoms. The number of hydrogen-bond acceptors (Lipinski definition) is 3. The lowest BCUT2D eigenvalue weighted by molar-refractivity contribution is 0.203. The zero-order chi connectivity index (χ0) is 14.3. The molecule has 3 rings (SSSR count). The summed E-state index contributed by atoms with van der Waals surface area (Å²) in [6.45, 7) is 5.44. The number of halogens is 1. The Morgan fingerprint density at radius 1 is 1.40 bits per heavy atom. The minimum atomic E-state index is -0.288. The highest BCUT2D eigenvalue weighted by atomic mass is 32.1. The van der Waals surface area contributed by atoms with Crippen LogP contribution in [0.1, 0.15) is 25.3 Å². The zero-order valence-corrected chi connectivity index (χ0v) is 12.5. The number of piperazine rings is 1. The van der Waals surface area contributed by atoms with Crippen LogP contribution in [-0.4, -0.2) is 41.6 Å². The molecular weight excluding hydrogens is 273 g/mol. The van der Waals surface area contributed by atoms with Crippen LogP contribution in [-0.2, 0) is 0 Å². The van der Waals surface area contributed by atoms with E-state index in [0.717, 1.165) is 18.8 Å². The summed E-state index contributed by atoms with van der Waals surface area (Å²) in [6, 6.07) is 5.75. The van der Waals surface area contributed by atoms with Crippen LogP contribution in [0.15, 0.2) is 18.2 Å². The minimum Gasteiger partial charge on any atom is -0.389 e. The van der Waals surface area contributed by atoms with E-state index in [1.807, 2.05) is 6.07 Å². The maximum atomic E-state index is 13.4. The zero-order valence-electron chi connectivity index (χ0n) is 11.7. The second kappa shape index (κ2) is 5.30. The van der Waals surface area contributed by atoms with Crippen LogP contribution in [0.5, 0.6) is 0 Å². The molecule has 0 aliphatic carbocycles. The molecule has 2 aliphatic rings. The van der Waals surface area contributed by atoms with E-state index < -0.39 is 0 Å². The predicted octanol–water partition coefficient (Wildman–Crippen LogP) is 2.13. The van der Waals surface area contributed by atoms with Gasteiger partial charge in [-0.1, -0.05) is 12.2 Å². The molecule has 2 aliphatic heterocycles. The summed E-state index contributed by atoms with van der Waals surface area (Å²) in [6.07, 6.45) is 2.52. The third kappa shape index (κ3) is 2.40. The number of hydrogen-bond donors (Lipinski definition) is 1. The van der Waals surface area contributed by atoms with Gasteiger partial charge >= 0.3 is 0 Å². The van der Waals surface area contributed by atoms with Crippen molar-refractivity contribution in [1.29, 1.82) is 0 Å². The first kappa shape index (κ1) is 13.8. The minimum absolute atomic E-state index is 0.264. The molecule has 2 saturated heterocycles. The van der Waals surface area contributed by atoms with Crippen molar-refractivity contribution < 1.29 is 4.39 Å². The Labute approximate surface area is 124 Å². The van der Waals surface area contributed by atoms with E-state index in [1.54, 1.807) is 0 Å². The molecule has 108 valence electrons. The van der Waals surface area contributed by atoms with Crippen molar-refractivity contribution in [1.82, 2.24) is 4.90 Å². The quantitative estimate of drug-likeness (QED) is 0.847. The Kier molecular flexibility index (Phi) is 3.65. The third-order valence-electron chi connectivity index (χ3n) is 4.47. The van der Waals surface area contributed by atoms with Crippen LogP contribution in [0, 0.1) is 5.82 Å². The maximum Gasteiger partial charge on any atom is 0.124 e. The van der Waals surface area contributed by atoms with Gasteiger partial charge in [0.1, 0.15) is 10.8 Å². The van der Waals surface area contributed by atoms with E-state index in [1.165, 1.54) is 31.5 Å². The van der Waals surface area contributed by atoms with E-state index in [-0.39, 0.29) is 10.8 Å². The fourth-order valence-electron chi connectivity index (χ4n) is 3.48. The topological polar surface area (TPSA) is 32.5 Å². The van der Waals surface area contributed by atoms with Crippen LogP contribution in [0.3, 0.4) is 0 Å². The van der Waals surface area contributed by atoms with E-state index in [4.69, 9.17) is 18.0 Å². The standard InChI is InChI=1S/C15H20FN3S/c1-10-8-18-6-2-3-12(18)9-19(10)14-5-4-11(16)7-13(14)15(17)20/h4-5,7,10,12H,2-3,6,8-9H2,1H3,(H2,17,20). The second-order valence-electron chi connectivity index (χ2n) is 5.82. The second-order valence-corrected chi connectivity index (χ2v) is 6.26. The summed E-state index contributed by atoms with van der Waals surface area (Å²) in [5.74, 6) is -0.288. The first-order valence-electron chi connectivity index (χ1n) is 7.16. The van der Waals surface area contributed by atoms with Crippen molar-refractivity contribution in [3.05, 3.63) is 29.6 Å². The van der Waals surface area contributed by atoms with E-state index in [0.29, 0.717) is 17.6 Å². The van der Waals surface area contributed by atoms with Crippen LogP contribution in [0.4, 0.5) is 10.1 Å². The lowest BCUT2D eigenvalue weighted by Crippen LogP contribution is -2.55. The Balaban J connectivity index is 1.93. The van der Waals surface area contributed by atoms with Gasteiger partial charge in [-0.05, 0) is 44.5 Å². The average Bonchev–Trinajstić information content (AvgIpc) is 2.85. The van der Waals surface area contributed by atoms with Gasteiger partial charge in [-0.15, -0.1) is 0 Å². The lowest BCUT2D eigenvalue weighted by Gasteiger charge is -2.44. The Morgan fingerprint density at radius 2 is 2.20 bits per heavy atom. The van der Waals surface area contributed by atoms with Crippen molar-refractivity contribution in [3.8, 4) is 0 Å². The molecule has 2 fully saturated rings. The normalized spacial score (nSPS) is 26.6. The third-order valence-corrected chi connectivity index (χ3v) is 4.69. The molecule has 2 heterocycles. The molecule has 3 nitrogen and oxygen atoms in total. The molecule has 2 N–H and O–H groups in total. The molecule has 0 radical (unpaired) electrons. The molecule has 0 spiro atoms. The van der Waals surface area contributed by atoms with Gasteiger partial charge in [-0.2, -0.15) is 0 Å². The number of nitrogens with two attached hydrogens (primary N) is 1. The molecule has 1 aromatic rings. The average molecular weight is 293 g/mol. The van der Waals surface area contributed by atoms with Crippen LogP contribution in [0.2, 0.25) is 0 Å². The van der Waals surface area contributed by atoms with Gasteiger partial charge in [-0.25, -0.2) is 4.39 Å². The first-order valence-corrected chi connectivity index (χ1v) is 7.57. The lowest BCUT2D eigenvalue weighted by atomic mass is 10.0. The molecule has 0 aromatic heterocycles. The number of thiocarbonyl (C=S) groups is 1. The SMILES string of the molecule is CC1CN2CCCC2CN1c1ccc(F)cc1C(N)=S. The molecule has 1 aromatic carbocycles. The van der Waals surface area contributed by atoms with Crippen molar-refractivity contribution in [3.63, 3.8) is 0 Å². The number of fused-ring (bicyclic) bond motifs is 1. The largest absolute Gasteiger partial charge is 0.389 e. The molecule has 0 saturated carbocycles. The van der Waals surface area contributed by atoms with Crippen molar-refractivity contribution in [2.24, 2.45) is 5.73 Å². The number of anilines is 1. The monoisotopic (exact) mass is 293 g/mol. The fraction of sp³-hybridized carbons (Fsp3) is 0.533. The Bertz CT molecular complexity index is 534. The summed E-state index contributed by atoms with van der Waals surface area (Å²) in [7, 11) is 0. The van der Waals surface area contributed by atoms with Gasteiger partial charge in [0.15, 0.2) is 0 Å². The summed E-state index contributed by atoms with van der Waals surface area (Å²) >= 11 is 5.08. The number of rotatable bonds is 2. The van der Waals surface area contributed by atoms with E-state index in [9.17, 15) is 4.39 Å². The smallest absolute Gasteiger partial charge is 0.124 e.